The SMILES string of the molecule is N#C[S][Ga]([S]C#N)[S]C#N. The van der Waals surface area contributed by atoms with Crippen LogP contribution in [0.2, 0.25) is 0 Å². The van der Waals surface area contributed by atoms with Crippen molar-refractivity contribution in [1.29, 1.82) is 15.8 Å². The fourth-order valence-electron chi connectivity index (χ4n) is 0.201. The van der Waals surface area contributed by atoms with Crippen molar-refractivity contribution in [2.24, 2.45) is 0 Å². The van der Waals surface area contributed by atoms with E-state index in [2.05, 4.69) is 0 Å². The second-order valence-electron chi connectivity index (χ2n) is 0.916. The molecule has 0 saturated heterocycles. The van der Waals surface area contributed by atoms with Crippen LogP contribution in [0, 0.1) is 32.0 Å². The molecule has 0 aromatic heterocycles. The Morgan fingerprint density at radius 1 is 0.800 bits per heavy atom. The molecule has 0 saturated carbocycles. The summed E-state index contributed by atoms with van der Waals surface area (Å²) in [7, 11) is 3.30. The van der Waals surface area contributed by atoms with Gasteiger partial charge in [0.25, 0.3) is 0 Å². The van der Waals surface area contributed by atoms with Crippen molar-refractivity contribution in [3.05, 3.63) is 0 Å². The van der Waals surface area contributed by atoms with Gasteiger partial charge in [0, 0.05) is 0 Å². The van der Waals surface area contributed by atoms with E-state index >= 15 is 0 Å². The maximum absolute atomic E-state index is 8.20. The van der Waals surface area contributed by atoms with Crippen LogP contribution in [0.1, 0.15) is 0 Å². The molecule has 0 unspecified atom stereocenters. The van der Waals surface area contributed by atoms with Crippen LogP contribution in [-0.2, 0) is 0 Å². The average molecular weight is 244 g/mol. The first-order chi connectivity index (χ1) is 4.85. The van der Waals surface area contributed by atoms with E-state index in [9.17, 15) is 0 Å². The molecule has 0 fully saturated rings. The van der Waals surface area contributed by atoms with Crippen LogP contribution in [0.5, 0.6) is 0 Å². The van der Waals surface area contributed by atoms with Gasteiger partial charge in [0.2, 0.25) is 0 Å². The van der Waals surface area contributed by atoms with E-state index in [0.29, 0.717) is 0 Å². The molecule has 48 valence electrons. The first kappa shape index (κ1) is 10.2. The molecule has 0 aliphatic rings. The third-order valence-corrected chi connectivity index (χ3v) is 16.0. The summed E-state index contributed by atoms with van der Waals surface area (Å²) in [4.78, 5) is 0. The summed E-state index contributed by atoms with van der Waals surface area (Å²) >= 11 is -2.01. The Kier molecular flexibility index (Phi) is 7.38. The monoisotopic (exact) mass is 243 g/mol. The minimum absolute atomic E-state index is 1.10. The zero-order chi connectivity index (χ0) is 7.82. The minimum atomic E-state index is -2.01. The molecule has 0 atom stereocenters. The van der Waals surface area contributed by atoms with Gasteiger partial charge in [-0.3, -0.25) is 0 Å². The van der Waals surface area contributed by atoms with Crippen LogP contribution >= 0.6 is 29.1 Å². The summed E-state index contributed by atoms with van der Waals surface area (Å²) in [6, 6.07) is 0. The normalized spacial score (nSPS) is 6.90. The van der Waals surface area contributed by atoms with Crippen LogP contribution < -0.4 is 0 Å². The van der Waals surface area contributed by atoms with Crippen LogP contribution in [0.15, 0.2) is 0 Å². The van der Waals surface area contributed by atoms with Gasteiger partial charge in [0.1, 0.15) is 0 Å². The second-order valence-corrected chi connectivity index (χ2v) is 19.8. The standard InChI is InChI=1S/3CHNS.Ga/c3*2-1-3;/h3*3H;/q;;;+3/p-3. The second kappa shape index (κ2) is 7.27. The Balaban J connectivity index is 3.68. The van der Waals surface area contributed by atoms with Crippen molar-refractivity contribution in [3.63, 3.8) is 0 Å². The van der Waals surface area contributed by atoms with Crippen LogP contribution in [-0.4, -0.2) is 12.5 Å². The molecule has 0 heterocycles. The van der Waals surface area contributed by atoms with Gasteiger partial charge in [-0.2, -0.15) is 0 Å². The summed E-state index contributed by atoms with van der Waals surface area (Å²) < 4.78 is 0. The zero-order valence-corrected chi connectivity index (χ0v) is 9.52. The molecule has 0 spiro atoms. The van der Waals surface area contributed by atoms with E-state index in [0.717, 1.165) is 29.1 Å². The summed E-state index contributed by atoms with van der Waals surface area (Å²) in [5.74, 6) is 0. The Morgan fingerprint density at radius 2 is 1.10 bits per heavy atom. The predicted octanol–water partition coefficient (Wildman–Crippen LogP) is 1.61. The molecule has 0 N–H and O–H groups in total. The fourth-order valence-corrected chi connectivity index (χ4v) is 9.41. The van der Waals surface area contributed by atoms with Crippen molar-refractivity contribution in [2.45, 2.75) is 0 Å². The third kappa shape index (κ3) is 4.98. The Labute approximate surface area is 73.2 Å². The third-order valence-electron chi connectivity index (χ3n) is 0.447. The molecular weight excluding hydrogens is 244 g/mol. The Hall–Kier alpha value is 0.156. The molecule has 0 aromatic rings. The van der Waals surface area contributed by atoms with E-state index in [1.54, 1.807) is 0 Å². The van der Waals surface area contributed by atoms with Crippen LogP contribution in [0.3, 0.4) is 0 Å². The topological polar surface area (TPSA) is 71.4 Å². The molecule has 0 aromatic carbocycles. The van der Waals surface area contributed by atoms with Crippen LogP contribution in [0.25, 0.3) is 0 Å². The molecular formula is C3GaN3S3. The molecule has 0 rings (SSSR count). The molecule has 0 aliphatic heterocycles. The number of hydrogen-bond acceptors (Lipinski definition) is 6. The predicted molar refractivity (Wildman–Crippen MR) is 45.4 cm³/mol. The van der Waals surface area contributed by atoms with Crippen molar-refractivity contribution < 1.29 is 0 Å². The first-order valence-electron chi connectivity index (χ1n) is 1.99. The fraction of sp³-hybridized carbons (Fsp3) is 0. The Morgan fingerprint density at radius 3 is 1.30 bits per heavy atom. The first-order valence-corrected chi connectivity index (χ1v) is 13.5. The van der Waals surface area contributed by atoms with Gasteiger partial charge < -0.3 is 0 Å². The maximum atomic E-state index is 8.20. The van der Waals surface area contributed by atoms with Crippen LogP contribution in [0.4, 0.5) is 0 Å². The van der Waals surface area contributed by atoms with E-state index in [1.165, 1.54) is 0 Å². The summed E-state index contributed by atoms with van der Waals surface area (Å²) in [6.07, 6.45) is 0. The molecule has 0 radical (unpaired) electrons. The van der Waals surface area contributed by atoms with Gasteiger partial charge in [-0.15, -0.1) is 0 Å². The van der Waals surface area contributed by atoms with E-state index < -0.39 is 12.5 Å². The van der Waals surface area contributed by atoms with Gasteiger partial charge in [0.15, 0.2) is 0 Å². The van der Waals surface area contributed by atoms with Gasteiger partial charge in [0.05, 0.1) is 0 Å². The van der Waals surface area contributed by atoms with Crippen molar-refractivity contribution in [3.8, 4) is 16.2 Å². The zero-order valence-electron chi connectivity index (χ0n) is 4.64. The average Bonchev–Trinajstić information content (AvgIpc) is 1.90. The quantitative estimate of drug-likeness (QED) is 0.554. The van der Waals surface area contributed by atoms with E-state index in [4.69, 9.17) is 15.8 Å². The number of thiocyanates is 3. The molecule has 0 bridgehead atoms. The van der Waals surface area contributed by atoms with Gasteiger partial charge in [-0.05, 0) is 0 Å². The number of rotatable bonds is 3. The molecule has 0 aliphatic carbocycles. The molecule has 10 heavy (non-hydrogen) atoms. The molecule has 7 heteroatoms. The van der Waals surface area contributed by atoms with Crippen molar-refractivity contribution >= 4 is 41.6 Å². The molecule has 0 amide bonds. The number of nitriles is 3. The van der Waals surface area contributed by atoms with E-state index in [-0.39, 0.29) is 0 Å². The summed E-state index contributed by atoms with van der Waals surface area (Å²) in [5.41, 5.74) is 0. The number of nitrogens with zero attached hydrogens (tertiary/aromatic N) is 3. The Bertz CT molecular complexity index is 172. The number of hydrogen-bond donors (Lipinski definition) is 0. The van der Waals surface area contributed by atoms with Gasteiger partial charge in [-0.25, -0.2) is 0 Å². The van der Waals surface area contributed by atoms with Crippen molar-refractivity contribution in [1.82, 2.24) is 0 Å². The van der Waals surface area contributed by atoms with Gasteiger partial charge >= 0.3 is 73.6 Å². The van der Waals surface area contributed by atoms with Crippen molar-refractivity contribution in [2.75, 3.05) is 0 Å². The summed E-state index contributed by atoms with van der Waals surface area (Å²) in [5, 5.41) is 30.3. The summed E-state index contributed by atoms with van der Waals surface area (Å²) in [6.45, 7) is 0. The van der Waals surface area contributed by atoms with Gasteiger partial charge in [-0.1, -0.05) is 0 Å². The molecule has 3 nitrogen and oxygen atoms in total. The van der Waals surface area contributed by atoms with E-state index in [1.807, 2.05) is 16.2 Å².